The highest BCUT2D eigenvalue weighted by atomic mass is 35.5. The summed E-state index contributed by atoms with van der Waals surface area (Å²) in [4.78, 5) is 32.8. The van der Waals surface area contributed by atoms with Gasteiger partial charge in [-0.15, -0.1) is 0 Å². The van der Waals surface area contributed by atoms with Gasteiger partial charge in [0, 0.05) is 53.7 Å². The fraction of sp³-hybridized carbons (Fsp3) is 0.333. The zero-order valence-corrected chi connectivity index (χ0v) is 17.0. The van der Waals surface area contributed by atoms with Gasteiger partial charge in [-0.2, -0.15) is 0 Å². The molecule has 0 atom stereocenters. The van der Waals surface area contributed by atoms with Crippen LogP contribution in [0.1, 0.15) is 32.9 Å². The molecule has 146 valence electrons. The van der Waals surface area contributed by atoms with Crippen molar-refractivity contribution < 1.29 is 9.59 Å². The normalized spacial score (nSPS) is 17.3. The van der Waals surface area contributed by atoms with Crippen LogP contribution in [-0.2, 0) is 11.2 Å². The average Bonchev–Trinajstić information content (AvgIpc) is 3.12. The van der Waals surface area contributed by atoms with E-state index in [0.29, 0.717) is 23.7 Å². The predicted octanol–water partition coefficient (Wildman–Crippen LogP) is 3.03. The summed E-state index contributed by atoms with van der Waals surface area (Å²) in [6, 6.07) is 5.34. The Morgan fingerprint density at radius 2 is 2.07 bits per heavy atom. The summed E-state index contributed by atoms with van der Waals surface area (Å²) in [6.07, 6.45) is 2.61. The van der Waals surface area contributed by atoms with Gasteiger partial charge in [-0.1, -0.05) is 11.6 Å². The van der Waals surface area contributed by atoms with E-state index in [0.717, 1.165) is 46.7 Å². The Bertz CT molecular complexity index is 1010. The minimum atomic E-state index is -0.164. The number of halogens is 1. The number of benzene rings is 1. The van der Waals surface area contributed by atoms with Crippen molar-refractivity contribution >= 4 is 40.8 Å². The molecule has 28 heavy (non-hydrogen) atoms. The molecule has 0 radical (unpaired) electrons. The maximum absolute atomic E-state index is 13.0. The minimum absolute atomic E-state index is 0.0563. The highest BCUT2D eigenvalue weighted by Crippen LogP contribution is 2.36. The van der Waals surface area contributed by atoms with Crippen LogP contribution in [0, 0.1) is 6.92 Å². The Balaban J connectivity index is 1.69. The Hall–Kier alpha value is -2.57. The van der Waals surface area contributed by atoms with E-state index in [1.54, 1.807) is 18.2 Å². The van der Waals surface area contributed by atoms with Crippen LogP contribution in [-0.4, -0.2) is 60.3 Å². The van der Waals surface area contributed by atoms with Crippen molar-refractivity contribution in [3.63, 3.8) is 0 Å². The number of H-pyrrole nitrogens is 1. The van der Waals surface area contributed by atoms with Crippen LogP contribution in [0.25, 0.3) is 11.6 Å². The van der Waals surface area contributed by atoms with E-state index in [2.05, 4.69) is 15.2 Å². The summed E-state index contributed by atoms with van der Waals surface area (Å²) in [5.41, 5.74) is 5.44. The van der Waals surface area contributed by atoms with Crippen molar-refractivity contribution in [3.8, 4) is 0 Å². The monoisotopic (exact) mass is 398 g/mol. The number of anilines is 1. The van der Waals surface area contributed by atoms with Gasteiger partial charge in [-0.3, -0.25) is 9.59 Å². The molecule has 0 bridgehead atoms. The molecule has 2 aliphatic rings. The van der Waals surface area contributed by atoms with Crippen LogP contribution in [0.15, 0.2) is 18.2 Å². The van der Waals surface area contributed by atoms with Crippen LogP contribution in [0.5, 0.6) is 0 Å². The molecule has 0 unspecified atom stereocenters. The van der Waals surface area contributed by atoms with E-state index in [4.69, 9.17) is 11.6 Å². The molecule has 3 heterocycles. The van der Waals surface area contributed by atoms with Gasteiger partial charge in [0.1, 0.15) is 0 Å². The van der Waals surface area contributed by atoms with Crippen molar-refractivity contribution in [2.75, 3.05) is 39.0 Å². The Morgan fingerprint density at radius 1 is 1.29 bits per heavy atom. The number of nitrogens with zero attached hydrogens (tertiary/aromatic N) is 2. The first-order chi connectivity index (χ1) is 13.3. The number of likely N-dealkylation sites (N-methyl/N-ethyl adjacent to an activating group) is 1. The van der Waals surface area contributed by atoms with Crippen LogP contribution in [0.3, 0.4) is 0 Å². The molecule has 7 heteroatoms. The van der Waals surface area contributed by atoms with Gasteiger partial charge >= 0.3 is 0 Å². The van der Waals surface area contributed by atoms with Crippen LogP contribution in [0.4, 0.5) is 5.69 Å². The SMILES string of the molecule is Cc1c(/C=C2\C(=O)Nc3ccc(Cl)cc32)[nH]c2c1C(=O)N(CCN(C)C)CC2. The number of hydrogen-bond acceptors (Lipinski definition) is 3. The molecular weight excluding hydrogens is 376 g/mol. The molecule has 0 fully saturated rings. The molecule has 2 N–H and O–H groups in total. The van der Waals surface area contributed by atoms with Gasteiger partial charge in [0.25, 0.3) is 11.8 Å². The molecule has 2 aliphatic heterocycles. The second-order valence-corrected chi connectivity index (χ2v) is 8.00. The van der Waals surface area contributed by atoms with Crippen molar-refractivity contribution in [1.82, 2.24) is 14.8 Å². The predicted molar refractivity (Wildman–Crippen MR) is 112 cm³/mol. The number of amides is 2. The highest BCUT2D eigenvalue weighted by Gasteiger charge is 2.30. The summed E-state index contributed by atoms with van der Waals surface area (Å²) in [7, 11) is 4.00. The first-order valence-corrected chi connectivity index (χ1v) is 9.71. The second-order valence-electron chi connectivity index (χ2n) is 7.56. The van der Waals surface area contributed by atoms with E-state index < -0.39 is 0 Å². The minimum Gasteiger partial charge on any atom is -0.358 e. The molecule has 6 nitrogen and oxygen atoms in total. The van der Waals surface area contributed by atoms with Crippen LogP contribution in [0.2, 0.25) is 5.02 Å². The Labute approximate surface area is 169 Å². The van der Waals surface area contributed by atoms with E-state index in [9.17, 15) is 9.59 Å². The Morgan fingerprint density at radius 3 is 2.82 bits per heavy atom. The smallest absolute Gasteiger partial charge is 0.256 e. The van der Waals surface area contributed by atoms with Gasteiger partial charge < -0.3 is 20.1 Å². The summed E-state index contributed by atoms with van der Waals surface area (Å²) in [5, 5.41) is 3.44. The first-order valence-electron chi connectivity index (χ1n) is 9.33. The Kier molecular flexibility index (Phi) is 4.77. The fourth-order valence-corrected chi connectivity index (χ4v) is 3.96. The van der Waals surface area contributed by atoms with Crippen LogP contribution >= 0.6 is 11.6 Å². The lowest BCUT2D eigenvalue weighted by atomic mass is 10.0. The lowest BCUT2D eigenvalue weighted by Crippen LogP contribution is -2.41. The lowest BCUT2D eigenvalue weighted by molar-refractivity contribution is -0.110. The van der Waals surface area contributed by atoms with E-state index in [-0.39, 0.29) is 11.8 Å². The molecule has 2 aromatic rings. The zero-order chi connectivity index (χ0) is 20.0. The average molecular weight is 399 g/mol. The number of carbonyl (C=O) groups excluding carboxylic acids is 2. The van der Waals surface area contributed by atoms with Gasteiger partial charge in [0.05, 0.1) is 11.1 Å². The molecule has 1 aromatic heterocycles. The molecule has 4 rings (SSSR count). The number of carbonyl (C=O) groups is 2. The van der Waals surface area contributed by atoms with Gasteiger partial charge in [-0.05, 0) is 50.9 Å². The number of fused-ring (bicyclic) bond motifs is 2. The third kappa shape index (κ3) is 3.23. The standard InChI is InChI=1S/C21H23ClN4O2/c1-12-18(11-15-14-10-13(22)4-5-16(14)24-20(15)27)23-17-6-7-26(9-8-25(2)3)21(28)19(12)17/h4-5,10-11,23H,6-9H2,1-3H3,(H,24,27)/b15-11-. The number of nitrogens with one attached hydrogen (secondary N) is 2. The zero-order valence-electron chi connectivity index (χ0n) is 16.2. The molecular formula is C21H23ClN4O2. The van der Waals surface area contributed by atoms with Crippen LogP contribution < -0.4 is 5.32 Å². The van der Waals surface area contributed by atoms with E-state index >= 15 is 0 Å². The second kappa shape index (κ2) is 7.11. The lowest BCUT2D eigenvalue weighted by Gasteiger charge is -2.28. The molecule has 0 saturated heterocycles. The summed E-state index contributed by atoms with van der Waals surface area (Å²) >= 11 is 6.11. The third-order valence-corrected chi connectivity index (χ3v) is 5.60. The summed E-state index contributed by atoms with van der Waals surface area (Å²) in [6.45, 7) is 4.18. The van der Waals surface area contributed by atoms with E-state index in [1.807, 2.05) is 32.0 Å². The van der Waals surface area contributed by atoms with Gasteiger partial charge in [-0.25, -0.2) is 0 Å². The number of rotatable bonds is 4. The quantitative estimate of drug-likeness (QED) is 0.778. The topological polar surface area (TPSA) is 68.4 Å². The maximum Gasteiger partial charge on any atom is 0.256 e. The fourth-order valence-electron chi connectivity index (χ4n) is 3.79. The van der Waals surface area contributed by atoms with Gasteiger partial charge in [0.15, 0.2) is 0 Å². The molecule has 2 amide bonds. The largest absolute Gasteiger partial charge is 0.358 e. The molecule has 0 aliphatic carbocycles. The van der Waals surface area contributed by atoms with Crippen molar-refractivity contribution in [1.29, 1.82) is 0 Å². The first kappa shape index (κ1) is 18.8. The molecule has 0 spiro atoms. The number of hydrogen-bond donors (Lipinski definition) is 2. The third-order valence-electron chi connectivity index (χ3n) is 5.37. The molecule has 0 saturated carbocycles. The van der Waals surface area contributed by atoms with Crippen molar-refractivity contribution in [2.24, 2.45) is 0 Å². The summed E-state index contributed by atoms with van der Waals surface area (Å²) in [5.74, 6) is -0.107. The highest BCUT2D eigenvalue weighted by molar-refractivity contribution is 6.36. The van der Waals surface area contributed by atoms with Crippen molar-refractivity contribution in [2.45, 2.75) is 13.3 Å². The number of aromatic amines is 1. The maximum atomic E-state index is 13.0. The number of aromatic nitrogens is 1. The van der Waals surface area contributed by atoms with Gasteiger partial charge in [0.2, 0.25) is 0 Å². The molecule has 1 aromatic carbocycles. The van der Waals surface area contributed by atoms with E-state index in [1.165, 1.54) is 0 Å². The van der Waals surface area contributed by atoms with Crippen molar-refractivity contribution in [3.05, 3.63) is 51.3 Å². The summed E-state index contributed by atoms with van der Waals surface area (Å²) < 4.78 is 0.